The average molecular weight is 247 g/mol. The van der Waals surface area contributed by atoms with Crippen LogP contribution in [0.3, 0.4) is 0 Å². The Labute approximate surface area is 105 Å². The molecule has 1 aromatic heterocycles. The van der Waals surface area contributed by atoms with Gasteiger partial charge in [0.2, 0.25) is 0 Å². The fourth-order valence-corrected chi connectivity index (χ4v) is 2.81. The molecule has 0 amide bonds. The number of hydrogen-bond acceptors (Lipinski definition) is 3. The highest BCUT2D eigenvalue weighted by molar-refractivity contribution is 5.81. The van der Waals surface area contributed by atoms with E-state index in [4.69, 9.17) is 0 Å². The lowest BCUT2D eigenvalue weighted by Crippen LogP contribution is -2.37. The Kier molecular flexibility index (Phi) is 2.63. The van der Waals surface area contributed by atoms with Crippen LogP contribution in [0.5, 0.6) is 5.75 Å². The lowest BCUT2D eigenvalue weighted by Gasteiger charge is -2.33. The second-order valence-electron chi connectivity index (χ2n) is 4.93. The number of nitrogens with one attached hydrogen (secondary N) is 1. The highest BCUT2D eigenvalue weighted by atomic mass is 16.3. The van der Waals surface area contributed by atoms with Crippen LogP contribution in [0, 0.1) is 0 Å². The summed E-state index contributed by atoms with van der Waals surface area (Å²) in [6.45, 7) is 1.00. The highest BCUT2D eigenvalue weighted by Crippen LogP contribution is 2.28. The number of aromatic nitrogens is 2. The Morgan fingerprint density at radius 3 is 3.00 bits per heavy atom. The monoisotopic (exact) mass is 247 g/mol. The van der Waals surface area contributed by atoms with E-state index in [-0.39, 0.29) is 17.6 Å². The molecule has 0 bridgehead atoms. The number of piperidine rings is 1. The summed E-state index contributed by atoms with van der Waals surface area (Å²) >= 11 is 0. The van der Waals surface area contributed by atoms with Gasteiger partial charge in [0.1, 0.15) is 11.3 Å². The second-order valence-corrected chi connectivity index (χ2v) is 4.93. The van der Waals surface area contributed by atoms with E-state index in [1.807, 2.05) is 13.1 Å². The predicted octanol–water partition coefficient (Wildman–Crippen LogP) is 1.65. The molecule has 1 saturated heterocycles. The molecule has 1 unspecified atom stereocenters. The molecular weight excluding hydrogens is 230 g/mol. The molecule has 1 aliphatic rings. The summed E-state index contributed by atoms with van der Waals surface area (Å²) in [5.41, 5.74) is 1.16. The first kappa shape index (κ1) is 11.3. The van der Waals surface area contributed by atoms with Crippen LogP contribution >= 0.6 is 0 Å². The number of imidazole rings is 1. The van der Waals surface area contributed by atoms with Gasteiger partial charge < -0.3 is 10.1 Å². The Morgan fingerprint density at radius 1 is 1.39 bits per heavy atom. The minimum absolute atomic E-state index is 0.0850. The van der Waals surface area contributed by atoms with E-state index in [0.29, 0.717) is 5.52 Å². The Hall–Kier alpha value is -1.75. The minimum Gasteiger partial charge on any atom is -0.506 e. The molecule has 5 heteroatoms. The summed E-state index contributed by atoms with van der Waals surface area (Å²) in [4.78, 5) is 17.0. The van der Waals surface area contributed by atoms with E-state index in [1.54, 1.807) is 16.7 Å². The van der Waals surface area contributed by atoms with Crippen LogP contribution in [0.2, 0.25) is 0 Å². The quantitative estimate of drug-likeness (QED) is 0.805. The summed E-state index contributed by atoms with van der Waals surface area (Å²) in [7, 11) is 2.04. The number of H-pyrrole nitrogens is 1. The normalized spacial score (nSPS) is 21.5. The molecule has 1 atom stereocenters. The number of para-hydroxylation sites is 1. The molecule has 18 heavy (non-hydrogen) atoms. The molecule has 1 fully saturated rings. The van der Waals surface area contributed by atoms with Gasteiger partial charge >= 0.3 is 5.69 Å². The fourth-order valence-electron chi connectivity index (χ4n) is 2.81. The zero-order valence-electron chi connectivity index (χ0n) is 10.4. The molecule has 2 N–H and O–H groups in total. The fraction of sp³-hybridized carbons (Fsp3) is 0.462. The zero-order valence-corrected chi connectivity index (χ0v) is 10.4. The van der Waals surface area contributed by atoms with Crippen LogP contribution in [0.15, 0.2) is 23.0 Å². The van der Waals surface area contributed by atoms with E-state index in [2.05, 4.69) is 9.88 Å². The van der Waals surface area contributed by atoms with Crippen molar-refractivity contribution in [1.82, 2.24) is 14.5 Å². The third-order valence-electron chi connectivity index (χ3n) is 3.76. The topological polar surface area (TPSA) is 61.3 Å². The summed E-state index contributed by atoms with van der Waals surface area (Å²) in [5, 5.41) is 9.78. The number of rotatable bonds is 1. The summed E-state index contributed by atoms with van der Waals surface area (Å²) in [6.07, 6.45) is 3.36. The molecule has 0 spiro atoms. The van der Waals surface area contributed by atoms with Crippen molar-refractivity contribution in [3.8, 4) is 5.75 Å². The number of fused-ring (bicyclic) bond motifs is 1. The van der Waals surface area contributed by atoms with E-state index >= 15 is 0 Å². The molecule has 2 heterocycles. The molecule has 3 rings (SSSR count). The standard InChI is InChI=1S/C13H17N3O2/c1-15-8-3-2-7-11(15)16-9-5-4-6-10(17)12(9)14-13(16)18/h4-6,11,17H,2-3,7-8H2,1H3,(H,14,18). The zero-order chi connectivity index (χ0) is 12.7. The lowest BCUT2D eigenvalue weighted by molar-refractivity contribution is 0.128. The smallest absolute Gasteiger partial charge is 0.327 e. The number of phenols is 1. The first-order chi connectivity index (χ1) is 8.68. The molecule has 0 radical (unpaired) electrons. The van der Waals surface area contributed by atoms with Crippen molar-refractivity contribution < 1.29 is 5.11 Å². The Balaban J connectivity index is 2.19. The molecule has 96 valence electrons. The van der Waals surface area contributed by atoms with Crippen LogP contribution in [0.25, 0.3) is 11.0 Å². The second kappa shape index (κ2) is 4.17. The highest BCUT2D eigenvalue weighted by Gasteiger charge is 2.24. The van der Waals surface area contributed by atoms with Gasteiger partial charge in [0.15, 0.2) is 0 Å². The Bertz CT molecular complexity index is 629. The van der Waals surface area contributed by atoms with Crippen molar-refractivity contribution in [2.45, 2.75) is 25.4 Å². The number of aromatic amines is 1. The van der Waals surface area contributed by atoms with Crippen molar-refractivity contribution in [2.24, 2.45) is 0 Å². The van der Waals surface area contributed by atoms with Gasteiger partial charge in [-0.3, -0.25) is 9.47 Å². The number of aromatic hydroxyl groups is 1. The number of benzene rings is 1. The molecule has 0 saturated carbocycles. The van der Waals surface area contributed by atoms with Crippen molar-refractivity contribution in [3.05, 3.63) is 28.7 Å². The van der Waals surface area contributed by atoms with Crippen molar-refractivity contribution in [1.29, 1.82) is 0 Å². The van der Waals surface area contributed by atoms with Crippen molar-refractivity contribution >= 4 is 11.0 Å². The summed E-state index contributed by atoms with van der Waals surface area (Å²) < 4.78 is 1.76. The number of nitrogens with zero attached hydrogens (tertiary/aromatic N) is 2. The maximum absolute atomic E-state index is 12.1. The van der Waals surface area contributed by atoms with Gasteiger partial charge in [-0.2, -0.15) is 0 Å². The first-order valence-electron chi connectivity index (χ1n) is 6.31. The Morgan fingerprint density at radius 2 is 2.22 bits per heavy atom. The predicted molar refractivity (Wildman–Crippen MR) is 69.7 cm³/mol. The number of hydrogen-bond donors (Lipinski definition) is 2. The molecule has 5 nitrogen and oxygen atoms in total. The third-order valence-corrected chi connectivity index (χ3v) is 3.76. The molecule has 2 aromatic rings. The molecule has 1 aliphatic heterocycles. The molecule has 0 aliphatic carbocycles. The number of phenolic OH excluding ortho intramolecular Hbond substituents is 1. The van der Waals surface area contributed by atoms with E-state index < -0.39 is 0 Å². The molecule has 1 aromatic carbocycles. The lowest BCUT2D eigenvalue weighted by atomic mass is 10.1. The van der Waals surface area contributed by atoms with Gasteiger partial charge in [-0.15, -0.1) is 0 Å². The van der Waals surface area contributed by atoms with Gasteiger partial charge in [0, 0.05) is 0 Å². The maximum atomic E-state index is 12.1. The maximum Gasteiger partial charge on any atom is 0.327 e. The van der Waals surface area contributed by atoms with Gasteiger partial charge in [0.25, 0.3) is 0 Å². The van der Waals surface area contributed by atoms with Crippen molar-refractivity contribution in [2.75, 3.05) is 13.6 Å². The van der Waals surface area contributed by atoms with Crippen molar-refractivity contribution in [3.63, 3.8) is 0 Å². The van der Waals surface area contributed by atoms with Crippen LogP contribution in [0.1, 0.15) is 25.4 Å². The first-order valence-corrected chi connectivity index (χ1v) is 6.31. The average Bonchev–Trinajstić information content (AvgIpc) is 2.68. The van der Waals surface area contributed by atoms with E-state index in [0.717, 1.165) is 24.9 Å². The van der Waals surface area contributed by atoms with Gasteiger partial charge in [-0.25, -0.2) is 4.79 Å². The SMILES string of the molecule is CN1CCCCC1n1c(=O)[nH]c2c(O)cccc21. The minimum atomic E-state index is -0.148. The van der Waals surface area contributed by atoms with Gasteiger partial charge in [0.05, 0.1) is 11.7 Å². The van der Waals surface area contributed by atoms with Crippen LogP contribution in [0.4, 0.5) is 0 Å². The summed E-state index contributed by atoms with van der Waals surface area (Å²) in [6, 6.07) is 5.23. The van der Waals surface area contributed by atoms with Gasteiger partial charge in [-0.05, 0) is 45.0 Å². The molecular formula is C13H17N3O2. The summed E-state index contributed by atoms with van der Waals surface area (Å²) in [5.74, 6) is 0.127. The van der Waals surface area contributed by atoms with Crippen LogP contribution in [-0.4, -0.2) is 33.1 Å². The third kappa shape index (κ3) is 1.62. The van der Waals surface area contributed by atoms with Crippen LogP contribution < -0.4 is 5.69 Å². The van der Waals surface area contributed by atoms with Crippen LogP contribution in [-0.2, 0) is 0 Å². The number of likely N-dealkylation sites (tertiary alicyclic amines) is 1. The largest absolute Gasteiger partial charge is 0.506 e. The van der Waals surface area contributed by atoms with E-state index in [9.17, 15) is 9.90 Å². The van der Waals surface area contributed by atoms with E-state index in [1.165, 1.54) is 6.42 Å². The van der Waals surface area contributed by atoms with Gasteiger partial charge in [-0.1, -0.05) is 6.07 Å².